The molecule has 0 aliphatic carbocycles. The molecule has 0 aromatic heterocycles. The van der Waals surface area contributed by atoms with Crippen LogP contribution in [0.1, 0.15) is 13.8 Å². The molecule has 1 aromatic rings. The zero-order valence-electron chi connectivity index (χ0n) is 6.74. The van der Waals surface area contributed by atoms with E-state index in [0.29, 0.717) is 12.1 Å². The molecule has 0 bridgehead atoms. The largest absolute Gasteiger partial charge is 0.508 e. The normalized spacial score (nSPS) is 8.75. The van der Waals surface area contributed by atoms with Gasteiger partial charge in [0, 0.05) is 12.1 Å². The minimum atomic E-state index is -1.57. The number of phenolic OH excluding ortho intramolecular Hbond substituents is 1. The van der Waals surface area contributed by atoms with Gasteiger partial charge in [-0.15, -0.1) is 0 Å². The van der Waals surface area contributed by atoms with Crippen LogP contribution in [-0.4, -0.2) is 5.11 Å². The molecule has 68 valence electrons. The Kier molecular flexibility index (Phi) is 4.18. The quantitative estimate of drug-likeness (QED) is 0.605. The molecule has 0 spiro atoms. The number of hydrogen-bond donors (Lipinski definition) is 1. The van der Waals surface area contributed by atoms with Crippen molar-refractivity contribution in [2.24, 2.45) is 0 Å². The summed E-state index contributed by atoms with van der Waals surface area (Å²) in [7, 11) is 0. The monoisotopic (exact) mass is 178 g/mol. The Hall–Kier alpha value is -1.19. The van der Waals surface area contributed by atoms with E-state index in [0.717, 1.165) is 0 Å². The molecule has 0 heterocycles. The fourth-order valence-corrected chi connectivity index (χ4v) is 0.542. The second-order valence-electron chi connectivity index (χ2n) is 1.72. The van der Waals surface area contributed by atoms with E-state index in [4.69, 9.17) is 5.11 Å². The molecular weight excluding hydrogens is 169 g/mol. The van der Waals surface area contributed by atoms with Crippen LogP contribution >= 0.6 is 0 Å². The van der Waals surface area contributed by atoms with Gasteiger partial charge in [0.2, 0.25) is 0 Å². The van der Waals surface area contributed by atoms with Crippen LogP contribution in [0.3, 0.4) is 0 Å². The maximum Gasteiger partial charge on any atom is 0.194 e. The number of halogens is 3. The zero-order valence-corrected chi connectivity index (χ0v) is 6.74. The van der Waals surface area contributed by atoms with Crippen molar-refractivity contribution < 1.29 is 18.3 Å². The first-order valence-electron chi connectivity index (χ1n) is 3.45. The molecule has 0 fully saturated rings. The Bertz CT molecular complexity index is 237. The van der Waals surface area contributed by atoms with Crippen LogP contribution in [0.25, 0.3) is 0 Å². The molecule has 12 heavy (non-hydrogen) atoms. The summed E-state index contributed by atoms with van der Waals surface area (Å²) in [6.07, 6.45) is 0. The number of hydrogen-bond acceptors (Lipinski definition) is 1. The van der Waals surface area contributed by atoms with Crippen molar-refractivity contribution >= 4 is 0 Å². The lowest BCUT2D eigenvalue weighted by Crippen LogP contribution is -1.88. The van der Waals surface area contributed by atoms with Crippen molar-refractivity contribution in [1.82, 2.24) is 0 Å². The molecule has 0 unspecified atom stereocenters. The van der Waals surface area contributed by atoms with Crippen molar-refractivity contribution in [2.75, 3.05) is 0 Å². The van der Waals surface area contributed by atoms with Crippen LogP contribution in [0.15, 0.2) is 12.1 Å². The van der Waals surface area contributed by atoms with Gasteiger partial charge in [-0.05, 0) is 0 Å². The number of rotatable bonds is 0. The van der Waals surface area contributed by atoms with E-state index in [1.165, 1.54) is 0 Å². The van der Waals surface area contributed by atoms with Crippen LogP contribution in [0.4, 0.5) is 13.2 Å². The molecule has 1 N–H and O–H groups in total. The van der Waals surface area contributed by atoms with Gasteiger partial charge in [0.1, 0.15) is 5.75 Å². The first-order valence-corrected chi connectivity index (χ1v) is 3.45. The summed E-state index contributed by atoms with van der Waals surface area (Å²) in [6, 6.07) is 0.997. The molecule has 0 amide bonds. The molecule has 1 nitrogen and oxygen atoms in total. The summed E-state index contributed by atoms with van der Waals surface area (Å²) in [5.74, 6) is -4.98. The maximum absolute atomic E-state index is 12.1. The lowest BCUT2D eigenvalue weighted by Gasteiger charge is -1.94. The fourth-order valence-electron chi connectivity index (χ4n) is 0.542. The van der Waals surface area contributed by atoms with Crippen molar-refractivity contribution in [3.05, 3.63) is 29.6 Å². The Morgan fingerprint density at radius 3 is 1.67 bits per heavy atom. The van der Waals surface area contributed by atoms with Gasteiger partial charge in [0.05, 0.1) is 0 Å². The Labute approximate surface area is 68.5 Å². The van der Waals surface area contributed by atoms with Gasteiger partial charge < -0.3 is 5.11 Å². The minimum Gasteiger partial charge on any atom is -0.508 e. The van der Waals surface area contributed by atoms with Crippen molar-refractivity contribution in [3.63, 3.8) is 0 Å². The van der Waals surface area contributed by atoms with E-state index in [9.17, 15) is 13.2 Å². The van der Waals surface area contributed by atoms with Gasteiger partial charge in [-0.1, -0.05) is 13.8 Å². The summed E-state index contributed by atoms with van der Waals surface area (Å²) in [4.78, 5) is 0. The third-order valence-corrected chi connectivity index (χ3v) is 0.969. The van der Waals surface area contributed by atoms with Gasteiger partial charge >= 0.3 is 0 Å². The van der Waals surface area contributed by atoms with Crippen LogP contribution in [-0.2, 0) is 0 Å². The average Bonchev–Trinajstić information content (AvgIpc) is 2.04. The van der Waals surface area contributed by atoms with Gasteiger partial charge in [-0.3, -0.25) is 0 Å². The van der Waals surface area contributed by atoms with Crippen molar-refractivity contribution in [3.8, 4) is 5.75 Å². The van der Waals surface area contributed by atoms with E-state index in [-0.39, 0.29) is 0 Å². The highest BCUT2D eigenvalue weighted by Gasteiger charge is 2.08. The number of benzene rings is 1. The van der Waals surface area contributed by atoms with Crippen LogP contribution < -0.4 is 0 Å². The highest BCUT2D eigenvalue weighted by atomic mass is 19.2. The maximum atomic E-state index is 12.1. The third kappa shape index (κ3) is 2.45. The topological polar surface area (TPSA) is 20.2 Å². The summed E-state index contributed by atoms with van der Waals surface area (Å²) in [5.41, 5.74) is 0. The lowest BCUT2D eigenvalue weighted by atomic mass is 10.3. The van der Waals surface area contributed by atoms with E-state index < -0.39 is 23.2 Å². The van der Waals surface area contributed by atoms with Gasteiger partial charge in [0.25, 0.3) is 0 Å². The lowest BCUT2D eigenvalue weighted by molar-refractivity contribution is 0.419. The number of phenols is 1. The minimum absolute atomic E-state index is 0.498. The smallest absolute Gasteiger partial charge is 0.194 e. The van der Waals surface area contributed by atoms with Crippen LogP contribution in [0, 0.1) is 17.5 Å². The van der Waals surface area contributed by atoms with Crippen molar-refractivity contribution in [2.45, 2.75) is 13.8 Å². The Balaban J connectivity index is 0.000000561. The molecular formula is C8H9F3O. The predicted octanol–water partition coefficient (Wildman–Crippen LogP) is 2.84. The van der Waals surface area contributed by atoms with Crippen LogP contribution in [0.2, 0.25) is 0 Å². The fraction of sp³-hybridized carbons (Fsp3) is 0.250. The second kappa shape index (κ2) is 4.64. The standard InChI is InChI=1S/C6H3F3O.C2H6/c7-4-1-3(10)2-5(8)6(4)9;1-2/h1-2,10H;1-2H3. The van der Waals surface area contributed by atoms with Gasteiger partial charge in [0.15, 0.2) is 17.5 Å². The molecule has 0 radical (unpaired) electrons. The highest BCUT2D eigenvalue weighted by molar-refractivity contribution is 5.23. The highest BCUT2D eigenvalue weighted by Crippen LogP contribution is 2.17. The Morgan fingerprint density at radius 2 is 1.33 bits per heavy atom. The van der Waals surface area contributed by atoms with E-state index >= 15 is 0 Å². The molecule has 0 saturated carbocycles. The zero-order chi connectivity index (χ0) is 9.72. The second-order valence-corrected chi connectivity index (χ2v) is 1.72. The molecule has 0 aliphatic rings. The average molecular weight is 178 g/mol. The summed E-state index contributed by atoms with van der Waals surface area (Å²) in [5, 5.41) is 8.47. The summed E-state index contributed by atoms with van der Waals surface area (Å²) < 4.78 is 36.2. The molecule has 0 saturated heterocycles. The van der Waals surface area contributed by atoms with Gasteiger partial charge in [-0.2, -0.15) is 0 Å². The molecule has 1 aromatic carbocycles. The first kappa shape index (κ1) is 10.8. The van der Waals surface area contributed by atoms with E-state index in [2.05, 4.69) is 0 Å². The number of aromatic hydroxyl groups is 1. The van der Waals surface area contributed by atoms with Crippen molar-refractivity contribution in [1.29, 1.82) is 0 Å². The Morgan fingerprint density at radius 1 is 1.00 bits per heavy atom. The molecule has 1 rings (SSSR count). The van der Waals surface area contributed by atoms with E-state index in [1.54, 1.807) is 0 Å². The summed E-state index contributed by atoms with van der Waals surface area (Å²) >= 11 is 0. The molecule has 4 heteroatoms. The first-order chi connectivity index (χ1) is 5.61. The van der Waals surface area contributed by atoms with Gasteiger partial charge in [-0.25, -0.2) is 13.2 Å². The summed E-state index contributed by atoms with van der Waals surface area (Å²) in [6.45, 7) is 4.00. The molecule has 0 atom stereocenters. The third-order valence-electron chi connectivity index (χ3n) is 0.969. The predicted molar refractivity (Wildman–Crippen MR) is 39.3 cm³/mol. The van der Waals surface area contributed by atoms with Crippen LogP contribution in [0.5, 0.6) is 5.75 Å². The SMILES string of the molecule is CC.Oc1cc(F)c(F)c(F)c1. The van der Waals surface area contributed by atoms with E-state index in [1.807, 2.05) is 13.8 Å². The molecule has 0 aliphatic heterocycles.